The second kappa shape index (κ2) is 3.87. The summed E-state index contributed by atoms with van der Waals surface area (Å²) in [5, 5.41) is 2.76. The van der Waals surface area contributed by atoms with Crippen LogP contribution in [0, 0.1) is 13.8 Å². The number of nitrogens with two attached hydrogens (primary N) is 1. The number of carbonyl (C=O) groups excluding carboxylic acids is 1. The molecule has 1 atom stereocenters. The number of benzene rings is 1. The van der Waals surface area contributed by atoms with Crippen LogP contribution in [0.4, 0.5) is 5.69 Å². The quantitative estimate of drug-likeness (QED) is 0.760. The summed E-state index contributed by atoms with van der Waals surface area (Å²) in [4.78, 5) is 12.7. The molecule has 1 heterocycles. The lowest BCUT2D eigenvalue weighted by Crippen LogP contribution is -2.35. The third-order valence-corrected chi connectivity index (χ3v) is 3.73. The fraction of sp³-hybridized carbons (Fsp3) is 0.364. The maximum Gasteiger partial charge on any atom is 0.239 e. The first-order valence-electron chi connectivity index (χ1n) is 4.90. The van der Waals surface area contributed by atoms with Crippen molar-refractivity contribution in [2.24, 2.45) is 5.73 Å². The zero-order chi connectivity index (χ0) is 11.0. The number of fused-ring (bicyclic) bond motifs is 1. The standard InChI is InChI=1S/C11H14N2OS/c1-6-3-7(2)10-8(4-6)15-9(5-12)11(14)13-10/h3-4,9H,5,12H2,1-2H3,(H,13,14). The fourth-order valence-electron chi connectivity index (χ4n) is 1.75. The van der Waals surface area contributed by atoms with Crippen molar-refractivity contribution in [2.45, 2.75) is 24.0 Å². The summed E-state index contributed by atoms with van der Waals surface area (Å²) in [6.45, 7) is 4.44. The highest BCUT2D eigenvalue weighted by Crippen LogP contribution is 2.37. The third kappa shape index (κ3) is 1.87. The monoisotopic (exact) mass is 222 g/mol. The van der Waals surface area contributed by atoms with Crippen molar-refractivity contribution < 1.29 is 4.79 Å². The van der Waals surface area contributed by atoms with Gasteiger partial charge in [-0.3, -0.25) is 4.79 Å². The second-order valence-electron chi connectivity index (χ2n) is 3.79. The largest absolute Gasteiger partial charge is 0.329 e. The van der Waals surface area contributed by atoms with Gasteiger partial charge in [-0.25, -0.2) is 0 Å². The zero-order valence-corrected chi connectivity index (χ0v) is 9.65. The predicted molar refractivity (Wildman–Crippen MR) is 63.2 cm³/mol. The van der Waals surface area contributed by atoms with Gasteiger partial charge >= 0.3 is 0 Å². The number of thioether (sulfide) groups is 1. The Morgan fingerprint density at radius 2 is 2.20 bits per heavy atom. The van der Waals surface area contributed by atoms with E-state index in [-0.39, 0.29) is 11.2 Å². The average molecular weight is 222 g/mol. The number of amides is 1. The molecule has 1 unspecified atom stereocenters. The van der Waals surface area contributed by atoms with Crippen molar-refractivity contribution >= 4 is 23.4 Å². The van der Waals surface area contributed by atoms with Crippen LogP contribution in [-0.2, 0) is 4.79 Å². The highest BCUT2D eigenvalue weighted by atomic mass is 32.2. The second-order valence-corrected chi connectivity index (χ2v) is 5.03. The molecular formula is C11H14N2OS. The first-order chi connectivity index (χ1) is 7.11. The predicted octanol–water partition coefficient (Wildman–Crippen LogP) is 1.67. The molecule has 4 heteroatoms. The van der Waals surface area contributed by atoms with E-state index in [1.54, 1.807) is 11.8 Å². The minimum atomic E-state index is -0.154. The van der Waals surface area contributed by atoms with Crippen LogP contribution in [0.1, 0.15) is 11.1 Å². The molecule has 1 aromatic rings. The number of aryl methyl sites for hydroxylation is 2. The Balaban J connectivity index is 2.45. The Morgan fingerprint density at radius 3 is 2.87 bits per heavy atom. The number of nitrogens with one attached hydrogen (secondary N) is 1. The van der Waals surface area contributed by atoms with Crippen LogP contribution in [0.25, 0.3) is 0 Å². The van der Waals surface area contributed by atoms with Crippen molar-refractivity contribution in [3.8, 4) is 0 Å². The van der Waals surface area contributed by atoms with Gasteiger partial charge in [0.25, 0.3) is 0 Å². The Labute approximate surface area is 93.4 Å². The maximum absolute atomic E-state index is 11.6. The Morgan fingerprint density at radius 1 is 1.47 bits per heavy atom. The lowest BCUT2D eigenvalue weighted by Gasteiger charge is -2.24. The lowest BCUT2D eigenvalue weighted by atomic mass is 10.1. The summed E-state index contributed by atoms with van der Waals surface area (Å²) in [6.07, 6.45) is 0. The van der Waals surface area contributed by atoms with E-state index in [2.05, 4.69) is 24.4 Å². The van der Waals surface area contributed by atoms with Crippen molar-refractivity contribution in [2.75, 3.05) is 11.9 Å². The first kappa shape index (κ1) is 10.5. The van der Waals surface area contributed by atoms with Gasteiger partial charge < -0.3 is 11.1 Å². The molecule has 0 bridgehead atoms. The molecule has 2 rings (SSSR count). The van der Waals surface area contributed by atoms with Gasteiger partial charge in [0, 0.05) is 11.4 Å². The molecule has 0 aliphatic carbocycles. The van der Waals surface area contributed by atoms with Gasteiger partial charge in [-0.1, -0.05) is 6.07 Å². The van der Waals surface area contributed by atoms with E-state index in [1.165, 1.54) is 5.56 Å². The summed E-state index contributed by atoms with van der Waals surface area (Å²) >= 11 is 1.56. The Hall–Kier alpha value is -1.00. The van der Waals surface area contributed by atoms with Gasteiger partial charge in [-0.15, -0.1) is 11.8 Å². The molecular weight excluding hydrogens is 208 g/mol. The van der Waals surface area contributed by atoms with Crippen LogP contribution >= 0.6 is 11.8 Å². The zero-order valence-electron chi connectivity index (χ0n) is 8.83. The molecule has 15 heavy (non-hydrogen) atoms. The molecule has 1 aliphatic rings. The Bertz CT molecular complexity index is 417. The molecule has 0 aromatic heterocycles. The van der Waals surface area contributed by atoms with Gasteiger partial charge in [0.1, 0.15) is 5.25 Å². The van der Waals surface area contributed by atoms with Gasteiger partial charge in [0.2, 0.25) is 5.91 Å². The average Bonchev–Trinajstić information content (AvgIpc) is 2.18. The SMILES string of the molecule is Cc1cc(C)c2c(c1)SC(CN)C(=O)N2. The van der Waals surface area contributed by atoms with Crippen LogP contribution in [0.5, 0.6) is 0 Å². The number of anilines is 1. The summed E-state index contributed by atoms with van der Waals surface area (Å²) < 4.78 is 0. The van der Waals surface area contributed by atoms with Crippen molar-refractivity contribution in [3.63, 3.8) is 0 Å². The summed E-state index contributed by atoms with van der Waals surface area (Å²) in [7, 11) is 0. The van der Waals surface area contributed by atoms with Crippen molar-refractivity contribution in [1.29, 1.82) is 0 Å². The summed E-state index contributed by atoms with van der Waals surface area (Å²) in [5.74, 6) is 0.0157. The van der Waals surface area contributed by atoms with Crippen molar-refractivity contribution in [3.05, 3.63) is 23.3 Å². The van der Waals surface area contributed by atoms with Crippen LogP contribution in [0.2, 0.25) is 0 Å². The van der Waals surface area contributed by atoms with E-state index in [1.807, 2.05) is 6.92 Å². The van der Waals surface area contributed by atoms with E-state index in [0.717, 1.165) is 16.1 Å². The van der Waals surface area contributed by atoms with E-state index < -0.39 is 0 Å². The Kier molecular flexibility index (Phi) is 2.71. The minimum absolute atomic E-state index is 0.0157. The van der Waals surface area contributed by atoms with E-state index in [9.17, 15) is 4.79 Å². The molecule has 0 fully saturated rings. The van der Waals surface area contributed by atoms with Gasteiger partial charge in [0.05, 0.1) is 5.69 Å². The highest BCUT2D eigenvalue weighted by molar-refractivity contribution is 8.01. The summed E-state index contributed by atoms with van der Waals surface area (Å²) in [5.41, 5.74) is 8.82. The number of hydrogen-bond acceptors (Lipinski definition) is 3. The lowest BCUT2D eigenvalue weighted by molar-refractivity contribution is -0.115. The smallest absolute Gasteiger partial charge is 0.239 e. The van der Waals surface area contributed by atoms with Crippen LogP contribution in [0.15, 0.2) is 17.0 Å². The van der Waals surface area contributed by atoms with Gasteiger partial charge in [-0.05, 0) is 31.0 Å². The number of carbonyl (C=O) groups is 1. The molecule has 0 saturated heterocycles. The van der Waals surface area contributed by atoms with Gasteiger partial charge in [-0.2, -0.15) is 0 Å². The van der Waals surface area contributed by atoms with Crippen molar-refractivity contribution in [1.82, 2.24) is 0 Å². The molecule has 0 spiro atoms. The van der Waals surface area contributed by atoms with E-state index >= 15 is 0 Å². The maximum atomic E-state index is 11.6. The first-order valence-corrected chi connectivity index (χ1v) is 5.78. The molecule has 3 nitrogen and oxygen atoms in total. The van der Waals surface area contributed by atoms with Gasteiger partial charge in [0.15, 0.2) is 0 Å². The number of rotatable bonds is 1. The van der Waals surface area contributed by atoms with Crippen LogP contribution in [0.3, 0.4) is 0 Å². The molecule has 1 aliphatic heterocycles. The molecule has 0 saturated carbocycles. The fourth-order valence-corrected chi connectivity index (χ4v) is 2.90. The van der Waals surface area contributed by atoms with Crippen LogP contribution in [-0.4, -0.2) is 17.7 Å². The molecule has 1 amide bonds. The minimum Gasteiger partial charge on any atom is -0.329 e. The summed E-state index contributed by atoms with van der Waals surface area (Å²) in [6, 6.07) is 4.16. The molecule has 3 N–H and O–H groups in total. The topological polar surface area (TPSA) is 55.1 Å². The van der Waals surface area contributed by atoms with E-state index in [0.29, 0.717) is 6.54 Å². The highest BCUT2D eigenvalue weighted by Gasteiger charge is 2.26. The molecule has 0 radical (unpaired) electrons. The number of hydrogen-bond donors (Lipinski definition) is 2. The third-order valence-electron chi connectivity index (χ3n) is 2.47. The normalized spacial score (nSPS) is 19.7. The molecule has 80 valence electrons. The van der Waals surface area contributed by atoms with Crippen LogP contribution < -0.4 is 11.1 Å². The van der Waals surface area contributed by atoms with E-state index in [4.69, 9.17) is 5.73 Å². The molecule has 1 aromatic carbocycles.